The Morgan fingerprint density at radius 2 is 1.86 bits per heavy atom. The number of hydrogen-bond acceptors (Lipinski definition) is 12. The summed E-state index contributed by atoms with van der Waals surface area (Å²) in [4.78, 5) is 4.65. The Hall–Kier alpha value is -0.510. The van der Waals surface area contributed by atoms with Gasteiger partial charge in [0.25, 0.3) is 10.1 Å². The summed E-state index contributed by atoms with van der Waals surface area (Å²) < 4.78 is 53.8. The zero-order valence-corrected chi connectivity index (χ0v) is 14.1. The van der Waals surface area contributed by atoms with Crippen molar-refractivity contribution >= 4 is 43.3 Å². The number of aromatic nitrogens is 2. The highest BCUT2D eigenvalue weighted by molar-refractivity contribution is 7.94. The summed E-state index contributed by atoms with van der Waals surface area (Å²) in [5.41, 5.74) is 0. The topological polar surface area (TPSA) is 148 Å². The van der Waals surface area contributed by atoms with Crippen LogP contribution in [0.4, 0.5) is 0 Å². The van der Waals surface area contributed by atoms with Gasteiger partial charge in [0.15, 0.2) is 0 Å². The van der Waals surface area contributed by atoms with Crippen molar-refractivity contribution in [3.63, 3.8) is 0 Å². The van der Waals surface area contributed by atoms with Gasteiger partial charge in [-0.3, -0.25) is 4.89 Å². The first kappa shape index (κ1) is 18.5. The molecule has 0 saturated carbocycles. The predicted octanol–water partition coefficient (Wildman–Crippen LogP) is -0.0995. The number of hydrogen-bond donors (Lipinski definition) is 1. The third kappa shape index (κ3) is 6.41. The average Bonchev–Trinajstić information content (AvgIpc) is 2.91. The van der Waals surface area contributed by atoms with E-state index >= 15 is 0 Å². The van der Waals surface area contributed by atoms with Crippen LogP contribution < -0.4 is 10.8 Å². The van der Waals surface area contributed by atoms with Crippen molar-refractivity contribution in [2.75, 3.05) is 17.8 Å². The third-order valence-corrected chi connectivity index (χ3v) is 6.35. The molecule has 0 amide bonds. The van der Waals surface area contributed by atoms with Crippen LogP contribution in [0.5, 0.6) is 5.19 Å². The van der Waals surface area contributed by atoms with E-state index in [9.17, 15) is 16.8 Å². The van der Waals surface area contributed by atoms with Crippen molar-refractivity contribution in [2.24, 2.45) is 5.90 Å². The van der Waals surface area contributed by atoms with Gasteiger partial charge in [0.1, 0.15) is 0 Å². The molecule has 21 heavy (non-hydrogen) atoms. The summed E-state index contributed by atoms with van der Waals surface area (Å²) in [5, 5.41) is 6.95. The Bertz CT molecular complexity index is 641. The van der Waals surface area contributed by atoms with Crippen molar-refractivity contribution in [2.45, 2.75) is 17.2 Å². The minimum atomic E-state index is -3.79. The van der Waals surface area contributed by atoms with Crippen LogP contribution in [-0.4, -0.2) is 44.8 Å². The second-order valence-corrected chi connectivity index (χ2v) is 8.94. The molecule has 0 bridgehead atoms. The molecule has 1 rings (SSSR count). The predicted molar refractivity (Wildman–Crippen MR) is 75.5 cm³/mol. The van der Waals surface area contributed by atoms with E-state index < -0.39 is 20.0 Å². The lowest BCUT2D eigenvalue weighted by atomic mass is 10.4. The molecule has 14 heteroatoms. The van der Waals surface area contributed by atoms with Crippen molar-refractivity contribution in [3.05, 3.63) is 0 Å². The SMILES string of the molecule is CSOOc1nnc(S(=O)(=O)CCCCS(=O)(=O)ON)s1. The van der Waals surface area contributed by atoms with Crippen molar-refractivity contribution < 1.29 is 30.3 Å². The lowest BCUT2D eigenvalue weighted by Gasteiger charge is -2.01. The molecule has 1 heterocycles. The van der Waals surface area contributed by atoms with Gasteiger partial charge in [0.2, 0.25) is 14.2 Å². The number of sulfone groups is 1. The van der Waals surface area contributed by atoms with E-state index in [-0.39, 0.29) is 33.9 Å². The lowest BCUT2D eigenvalue weighted by molar-refractivity contribution is -0.0778. The maximum Gasteiger partial charge on any atom is 0.335 e. The fraction of sp³-hybridized carbons (Fsp3) is 0.714. The first-order chi connectivity index (χ1) is 9.80. The first-order valence-electron chi connectivity index (χ1n) is 5.35. The lowest BCUT2D eigenvalue weighted by Crippen LogP contribution is -2.16. The summed E-state index contributed by atoms with van der Waals surface area (Å²) in [6, 6.07) is 0. The number of nitrogens with zero attached hydrogens (tertiary/aromatic N) is 2. The van der Waals surface area contributed by atoms with Gasteiger partial charge in [0.05, 0.1) is 11.5 Å². The molecule has 0 aromatic carbocycles. The highest BCUT2D eigenvalue weighted by Gasteiger charge is 2.21. The number of nitrogens with two attached hydrogens (primary N) is 1. The number of unbranched alkanes of at least 4 members (excludes halogenated alkanes) is 1. The Balaban J connectivity index is 2.52. The molecule has 0 aliphatic heterocycles. The van der Waals surface area contributed by atoms with Gasteiger partial charge in [-0.25, -0.2) is 8.42 Å². The quantitative estimate of drug-likeness (QED) is 0.251. The van der Waals surface area contributed by atoms with Gasteiger partial charge < -0.3 is 0 Å². The molecule has 10 nitrogen and oxygen atoms in total. The molecule has 0 spiro atoms. The van der Waals surface area contributed by atoms with Crippen LogP contribution >= 0.6 is 23.4 Å². The second-order valence-electron chi connectivity index (χ2n) is 3.54. The summed E-state index contributed by atoms with van der Waals surface area (Å²) >= 11 is 1.64. The second kappa shape index (κ2) is 8.21. The maximum atomic E-state index is 11.9. The van der Waals surface area contributed by atoms with Crippen molar-refractivity contribution in [3.8, 4) is 5.19 Å². The minimum absolute atomic E-state index is 0.0398. The molecule has 122 valence electrons. The van der Waals surface area contributed by atoms with Crippen molar-refractivity contribution in [1.29, 1.82) is 0 Å². The van der Waals surface area contributed by atoms with Gasteiger partial charge in [-0.05, 0) is 24.2 Å². The van der Waals surface area contributed by atoms with E-state index in [1.807, 2.05) is 0 Å². The fourth-order valence-electron chi connectivity index (χ4n) is 1.13. The minimum Gasteiger partial charge on any atom is -0.291 e. The van der Waals surface area contributed by atoms with Crippen LogP contribution in [0.2, 0.25) is 0 Å². The summed E-state index contributed by atoms with van der Waals surface area (Å²) in [7, 11) is -7.44. The van der Waals surface area contributed by atoms with E-state index in [1.165, 1.54) is 0 Å². The van der Waals surface area contributed by atoms with E-state index in [2.05, 4.69) is 29.6 Å². The highest BCUT2D eigenvalue weighted by Crippen LogP contribution is 2.24. The molecule has 0 unspecified atom stereocenters. The molecule has 0 radical (unpaired) electrons. The van der Waals surface area contributed by atoms with Gasteiger partial charge in [-0.2, -0.15) is 18.6 Å². The largest absolute Gasteiger partial charge is 0.335 e. The molecule has 1 aromatic heterocycles. The molecule has 0 aliphatic rings. The molecule has 0 saturated heterocycles. The maximum absolute atomic E-state index is 11.9. The molecule has 1 aromatic rings. The fourth-order valence-corrected chi connectivity index (χ4v) is 4.23. The van der Waals surface area contributed by atoms with Crippen LogP contribution in [0.1, 0.15) is 12.8 Å². The van der Waals surface area contributed by atoms with Gasteiger partial charge in [-0.1, -0.05) is 5.10 Å². The van der Waals surface area contributed by atoms with Gasteiger partial charge >= 0.3 is 5.19 Å². The average molecular weight is 379 g/mol. The summed E-state index contributed by atoms with van der Waals surface area (Å²) in [5.74, 6) is 3.93. The van der Waals surface area contributed by atoms with E-state index in [0.29, 0.717) is 11.3 Å². The van der Waals surface area contributed by atoms with Crippen LogP contribution in [-0.2, 0) is 28.6 Å². The molecule has 2 N–H and O–H groups in total. The van der Waals surface area contributed by atoms with Gasteiger partial charge in [0, 0.05) is 18.3 Å². The Morgan fingerprint density at radius 1 is 1.19 bits per heavy atom. The van der Waals surface area contributed by atoms with Crippen LogP contribution in [0, 0.1) is 0 Å². The zero-order valence-electron chi connectivity index (χ0n) is 10.8. The van der Waals surface area contributed by atoms with Crippen LogP contribution in [0.25, 0.3) is 0 Å². The molecule has 0 fully saturated rings. The standard InChI is InChI=1S/C7H13N3O7S4/c1-18-17-15-6-9-10-7(19-6)20(11,12)4-2-3-5-21(13,14)16-8/h2-5,8H2,1H3. The third-order valence-electron chi connectivity index (χ3n) is 2.03. The molecule has 0 atom stereocenters. The molecular weight excluding hydrogens is 366 g/mol. The molecular formula is C7H13N3O7S4. The van der Waals surface area contributed by atoms with E-state index in [4.69, 9.17) is 0 Å². The van der Waals surface area contributed by atoms with Crippen LogP contribution in [0.15, 0.2) is 4.34 Å². The Morgan fingerprint density at radius 3 is 2.48 bits per heavy atom. The van der Waals surface area contributed by atoms with Crippen molar-refractivity contribution in [1.82, 2.24) is 10.2 Å². The van der Waals surface area contributed by atoms with Gasteiger partial charge in [-0.15, -0.1) is 9.43 Å². The number of rotatable bonds is 10. The Labute approximate surface area is 130 Å². The summed E-state index contributed by atoms with van der Waals surface area (Å²) in [6.45, 7) is 0. The van der Waals surface area contributed by atoms with E-state index in [1.54, 1.807) is 6.26 Å². The zero-order chi connectivity index (χ0) is 15.9. The first-order valence-corrected chi connectivity index (χ1v) is 10.5. The smallest absolute Gasteiger partial charge is 0.291 e. The molecule has 0 aliphatic carbocycles. The highest BCUT2D eigenvalue weighted by atomic mass is 32.2. The normalized spacial score (nSPS) is 12.5. The van der Waals surface area contributed by atoms with Crippen LogP contribution in [0.3, 0.4) is 0 Å². The summed E-state index contributed by atoms with van der Waals surface area (Å²) in [6.07, 6.45) is 1.82. The monoisotopic (exact) mass is 379 g/mol. The Kier molecular flexibility index (Phi) is 7.25. The van der Waals surface area contributed by atoms with E-state index in [0.717, 1.165) is 12.0 Å².